The Morgan fingerprint density at radius 1 is 0.957 bits per heavy atom. The lowest BCUT2D eigenvalue weighted by molar-refractivity contribution is 0.130. The molecule has 0 aliphatic heterocycles. The van der Waals surface area contributed by atoms with Crippen LogP contribution in [0.4, 0.5) is 0 Å². The summed E-state index contributed by atoms with van der Waals surface area (Å²) in [6.07, 6.45) is 0. The lowest BCUT2D eigenvalue weighted by Crippen LogP contribution is -2.22. The molecule has 4 nitrogen and oxygen atoms in total. The maximum absolute atomic E-state index is 12.9. The van der Waals surface area contributed by atoms with Gasteiger partial charge in [0.05, 0.1) is 23.4 Å². The summed E-state index contributed by atoms with van der Waals surface area (Å²) in [6.45, 7) is -0.791. The van der Waals surface area contributed by atoms with E-state index in [4.69, 9.17) is 11.6 Å². The molecular weight excluding hydrogens is 336 g/mol. The summed E-state index contributed by atoms with van der Waals surface area (Å²) in [5, 5.41) is 19.2. The minimum Gasteiger partial charge on any atom is -0.396 e. The Hall–Kier alpha value is -1.40. The third-order valence-corrected chi connectivity index (χ3v) is 7.19. The van der Waals surface area contributed by atoms with Crippen LogP contribution >= 0.6 is 11.6 Å². The molecule has 3 rings (SSSR count). The molecule has 2 aromatic carbocycles. The van der Waals surface area contributed by atoms with Crippen LogP contribution in [0.3, 0.4) is 0 Å². The van der Waals surface area contributed by atoms with E-state index in [9.17, 15) is 18.6 Å². The highest BCUT2D eigenvalue weighted by Crippen LogP contribution is 2.63. The van der Waals surface area contributed by atoms with Gasteiger partial charge in [-0.3, -0.25) is 0 Å². The van der Waals surface area contributed by atoms with Crippen LogP contribution in [0, 0.1) is 5.41 Å². The van der Waals surface area contributed by atoms with Crippen LogP contribution < -0.4 is 0 Å². The lowest BCUT2D eigenvalue weighted by atomic mass is 10.0. The van der Waals surface area contributed by atoms with Gasteiger partial charge in [0.25, 0.3) is 0 Å². The third kappa shape index (κ3) is 2.58. The van der Waals surface area contributed by atoms with Crippen LogP contribution in [0.15, 0.2) is 59.5 Å². The van der Waals surface area contributed by atoms with Crippen LogP contribution in [-0.4, -0.2) is 37.1 Å². The third-order valence-electron chi connectivity index (χ3n) is 4.60. The fourth-order valence-electron chi connectivity index (χ4n) is 3.30. The van der Waals surface area contributed by atoms with Crippen molar-refractivity contribution in [1.29, 1.82) is 0 Å². The van der Waals surface area contributed by atoms with E-state index in [1.54, 1.807) is 42.5 Å². The van der Waals surface area contributed by atoms with Gasteiger partial charge in [-0.2, -0.15) is 0 Å². The molecule has 23 heavy (non-hydrogen) atoms. The number of aliphatic hydroxyl groups is 2. The number of sulfone groups is 1. The number of halogens is 1. The summed E-state index contributed by atoms with van der Waals surface area (Å²) >= 11 is 5.88. The molecule has 1 saturated carbocycles. The second kappa shape index (κ2) is 5.91. The average Bonchev–Trinajstić information content (AvgIpc) is 3.27. The Balaban J connectivity index is 2.05. The van der Waals surface area contributed by atoms with Gasteiger partial charge in [0.15, 0.2) is 9.84 Å². The van der Waals surface area contributed by atoms with Gasteiger partial charge in [-0.15, -0.1) is 0 Å². The van der Waals surface area contributed by atoms with Crippen LogP contribution in [0.2, 0.25) is 5.02 Å². The van der Waals surface area contributed by atoms with Crippen molar-refractivity contribution in [1.82, 2.24) is 0 Å². The maximum Gasteiger partial charge on any atom is 0.182 e. The molecule has 0 amide bonds. The largest absolute Gasteiger partial charge is 0.396 e. The molecule has 1 fully saturated rings. The molecule has 0 radical (unpaired) electrons. The van der Waals surface area contributed by atoms with E-state index >= 15 is 0 Å². The molecule has 6 heteroatoms. The Morgan fingerprint density at radius 2 is 1.52 bits per heavy atom. The van der Waals surface area contributed by atoms with Crippen LogP contribution in [-0.2, 0) is 9.84 Å². The molecule has 2 aromatic rings. The highest BCUT2D eigenvalue weighted by molar-refractivity contribution is 7.92. The first-order chi connectivity index (χ1) is 11.0. The molecule has 0 saturated heterocycles. The SMILES string of the molecule is O=S(=O)(c1ccccc1)[C@H]1[C@H](c2ccc(Cl)cc2)C1(CO)CO. The smallest absolute Gasteiger partial charge is 0.182 e. The van der Waals surface area contributed by atoms with Gasteiger partial charge in [0, 0.05) is 16.4 Å². The highest BCUT2D eigenvalue weighted by atomic mass is 35.5. The van der Waals surface area contributed by atoms with E-state index in [1.807, 2.05) is 0 Å². The summed E-state index contributed by atoms with van der Waals surface area (Å²) < 4.78 is 25.9. The lowest BCUT2D eigenvalue weighted by Gasteiger charge is -2.11. The topological polar surface area (TPSA) is 74.6 Å². The zero-order valence-electron chi connectivity index (χ0n) is 12.3. The number of benzene rings is 2. The minimum absolute atomic E-state index is 0.202. The predicted octanol–water partition coefficient (Wildman–Crippen LogP) is 2.25. The van der Waals surface area contributed by atoms with Crippen molar-refractivity contribution in [3.8, 4) is 0 Å². The first-order valence-corrected chi connectivity index (χ1v) is 9.16. The minimum atomic E-state index is -3.66. The fraction of sp³-hybridized carbons (Fsp3) is 0.294. The molecule has 2 atom stereocenters. The summed E-state index contributed by atoms with van der Waals surface area (Å²) in [6, 6.07) is 15.0. The van der Waals surface area contributed by atoms with Gasteiger partial charge < -0.3 is 10.2 Å². The van der Waals surface area contributed by atoms with Crippen LogP contribution in [0.1, 0.15) is 11.5 Å². The van der Waals surface area contributed by atoms with Gasteiger partial charge >= 0.3 is 0 Å². The number of rotatable bonds is 5. The van der Waals surface area contributed by atoms with Crippen LogP contribution in [0.25, 0.3) is 0 Å². The fourth-order valence-corrected chi connectivity index (χ4v) is 5.88. The van der Waals surface area contributed by atoms with E-state index in [2.05, 4.69) is 0 Å². The van der Waals surface area contributed by atoms with Crippen molar-refractivity contribution in [2.45, 2.75) is 16.1 Å². The van der Waals surface area contributed by atoms with Crippen LogP contribution in [0.5, 0.6) is 0 Å². The van der Waals surface area contributed by atoms with Gasteiger partial charge in [-0.25, -0.2) is 8.42 Å². The van der Waals surface area contributed by atoms with Crippen molar-refractivity contribution in [2.75, 3.05) is 13.2 Å². The van der Waals surface area contributed by atoms with E-state index in [0.717, 1.165) is 5.56 Å². The first kappa shape index (κ1) is 16.5. The molecule has 0 unspecified atom stereocenters. The molecular formula is C17H17ClO4S. The molecule has 0 spiro atoms. The highest BCUT2D eigenvalue weighted by Gasteiger charge is 2.70. The second-order valence-corrected chi connectivity index (χ2v) is 8.36. The normalized spacial score (nSPS) is 22.7. The monoisotopic (exact) mass is 352 g/mol. The summed E-state index contributed by atoms with van der Waals surface area (Å²) in [7, 11) is -3.66. The Bertz CT molecular complexity index is 783. The summed E-state index contributed by atoms with van der Waals surface area (Å²) in [4.78, 5) is 0.202. The van der Waals surface area contributed by atoms with Crippen molar-refractivity contribution >= 4 is 21.4 Å². The van der Waals surface area contributed by atoms with Crippen molar-refractivity contribution in [3.63, 3.8) is 0 Å². The molecule has 1 aliphatic carbocycles. The van der Waals surface area contributed by atoms with E-state index in [1.165, 1.54) is 12.1 Å². The van der Waals surface area contributed by atoms with Gasteiger partial charge in [0.1, 0.15) is 0 Å². The predicted molar refractivity (Wildman–Crippen MR) is 88.2 cm³/mol. The van der Waals surface area contributed by atoms with Gasteiger partial charge in [-0.1, -0.05) is 41.9 Å². The van der Waals surface area contributed by atoms with Gasteiger partial charge in [0.2, 0.25) is 0 Å². The first-order valence-electron chi connectivity index (χ1n) is 7.23. The van der Waals surface area contributed by atoms with E-state index in [0.29, 0.717) is 5.02 Å². The van der Waals surface area contributed by atoms with E-state index in [-0.39, 0.29) is 4.90 Å². The Kier molecular flexibility index (Phi) is 4.23. The number of aliphatic hydroxyl groups excluding tert-OH is 2. The average molecular weight is 353 g/mol. The molecule has 0 aromatic heterocycles. The second-order valence-electron chi connectivity index (χ2n) is 5.86. The Labute approximate surface area is 140 Å². The van der Waals surface area contributed by atoms with E-state index < -0.39 is 39.6 Å². The summed E-state index contributed by atoms with van der Waals surface area (Å²) in [5.41, 5.74) is -0.315. The van der Waals surface area contributed by atoms with Crippen molar-refractivity contribution in [3.05, 3.63) is 65.2 Å². The quantitative estimate of drug-likeness (QED) is 0.865. The number of hydrogen-bond donors (Lipinski definition) is 2. The molecule has 0 heterocycles. The molecule has 0 bridgehead atoms. The number of hydrogen-bond acceptors (Lipinski definition) is 4. The molecule has 122 valence electrons. The Morgan fingerprint density at radius 3 is 2.04 bits per heavy atom. The van der Waals surface area contributed by atoms with Crippen molar-refractivity contribution in [2.24, 2.45) is 5.41 Å². The van der Waals surface area contributed by atoms with Crippen molar-refractivity contribution < 1.29 is 18.6 Å². The zero-order chi connectivity index (χ0) is 16.7. The van der Waals surface area contributed by atoms with Gasteiger partial charge in [-0.05, 0) is 29.8 Å². The molecule has 1 aliphatic rings. The molecule has 2 N–H and O–H groups in total. The zero-order valence-corrected chi connectivity index (χ0v) is 13.8. The summed E-state index contributed by atoms with van der Waals surface area (Å²) in [5.74, 6) is -0.458. The maximum atomic E-state index is 12.9. The standard InChI is InChI=1S/C17H17ClO4S/c18-13-8-6-12(7-9-13)15-16(17(15,10-19)11-20)23(21,22)14-4-2-1-3-5-14/h1-9,15-16,19-20H,10-11H2/t15-,16-/m0/s1.